The molecule has 5 nitrogen and oxygen atoms in total. The molecule has 3 aromatic rings. The largest absolute Gasteiger partial charge is 0.506 e. The molecule has 0 bridgehead atoms. The summed E-state index contributed by atoms with van der Waals surface area (Å²) in [6, 6.07) is 14.5. The third kappa shape index (κ3) is 2.86. The maximum absolute atomic E-state index is 12.7. The molecule has 0 aliphatic carbocycles. The Morgan fingerprint density at radius 2 is 1.67 bits per heavy atom. The van der Waals surface area contributed by atoms with Gasteiger partial charge in [-0.15, -0.1) is 0 Å². The van der Waals surface area contributed by atoms with E-state index in [4.69, 9.17) is 16.3 Å². The highest BCUT2D eigenvalue weighted by Gasteiger charge is 2.21. The van der Waals surface area contributed by atoms with Crippen LogP contribution in [0.15, 0.2) is 59.5 Å². The van der Waals surface area contributed by atoms with E-state index in [1.165, 1.54) is 19.2 Å². The molecule has 0 saturated heterocycles. The molecule has 0 aliphatic heterocycles. The number of phenolic OH excluding ortho intramolecular Hbond substituents is 1. The van der Waals surface area contributed by atoms with Gasteiger partial charge >= 0.3 is 0 Å². The van der Waals surface area contributed by atoms with E-state index in [0.717, 1.165) is 0 Å². The number of rotatable bonds is 4. The first-order valence-corrected chi connectivity index (χ1v) is 8.86. The van der Waals surface area contributed by atoms with Crippen LogP contribution in [0.3, 0.4) is 0 Å². The van der Waals surface area contributed by atoms with Gasteiger partial charge in [-0.1, -0.05) is 48.0 Å². The van der Waals surface area contributed by atoms with Crippen molar-refractivity contribution < 1.29 is 18.3 Å². The summed E-state index contributed by atoms with van der Waals surface area (Å²) in [5.74, 6) is 0.145. The first-order valence-electron chi connectivity index (χ1n) is 7.00. The van der Waals surface area contributed by atoms with Crippen LogP contribution in [0.25, 0.3) is 10.8 Å². The molecule has 0 heterocycles. The van der Waals surface area contributed by atoms with Crippen molar-refractivity contribution in [2.75, 3.05) is 11.8 Å². The highest BCUT2D eigenvalue weighted by atomic mass is 35.5. The third-order valence-electron chi connectivity index (χ3n) is 3.57. The summed E-state index contributed by atoms with van der Waals surface area (Å²) in [5, 5.41) is 11.1. The van der Waals surface area contributed by atoms with E-state index < -0.39 is 10.0 Å². The van der Waals surface area contributed by atoms with Crippen LogP contribution in [0.1, 0.15) is 0 Å². The topological polar surface area (TPSA) is 75.6 Å². The summed E-state index contributed by atoms with van der Waals surface area (Å²) in [6.45, 7) is 0. The summed E-state index contributed by atoms with van der Waals surface area (Å²) >= 11 is 6.02. The number of methoxy groups -OCH3 is 1. The number of nitrogens with one attached hydrogen (secondary N) is 1. The van der Waals surface area contributed by atoms with Crippen molar-refractivity contribution in [3.05, 3.63) is 59.6 Å². The summed E-state index contributed by atoms with van der Waals surface area (Å²) in [7, 11) is -2.49. The van der Waals surface area contributed by atoms with Crippen molar-refractivity contribution in [2.45, 2.75) is 4.90 Å². The summed E-state index contributed by atoms with van der Waals surface area (Å²) in [5.41, 5.74) is 0.277. The first-order chi connectivity index (χ1) is 11.4. The third-order valence-corrected chi connectivity index (χ3v) is 5.27. The van der Waals surface area contributed by atoms with Crippen molar-refractivity contribution in [3.8, 4) is 11.5 Å². The quantitative estimate of drug-likeness (QED) is 0.687. The van der Waals surface area contributed by atoms with Crippen molar-refractivity contribution in [2.24, 2.45) is 0 Å². The average Bonchev–Trinajstić information content (AvgIpc) is 2.59. The summed E-state index contributed by atoms with van der Waals surface area (Å²) < 4.78 is 33.1. The van der Waals surface area contributed by atoms with Gasteiger partial charge in [0.1, 0.15) is 16.4 Å². The van der Waals surface area contributed by atoms with Crippen LogP contribution >= 0.6 is 11.6 Å². The lowest BCUT2D eigenvalue weighted by Crippen LogP contribution is -2.14. The Balaban J connectivity index is 2.15. The van der Waals surface area contributed by atoms with E-state index >= 15 is 0 Å². The number of aromatic hydroxyl groups is 1. The average molecular weight is 364 g/mol. The number of fused-ring (bicyclic) bond motifs is 1. The second kappa shape index (κ2) is 6.22. The molecule has 24 heavy (non-hydrogen) atoms. The maximum Gasteiger partial charge on any atom is 0.265 e. The fourth-order valence-corrected chi connectivity index (χ4v) is 3.90. The maximum atomic E-state index is 12.7. The molecule has 0 aliphatic rings. The molecule has 2 N–H and O–H groups in total. The molecule has 0 fully saturated rings. The molecule has 124 valence electrons. The van der Waals surface area contributed by atoms with Gasteiger partial charge in [-0.25, -0.2) is 8.42 Å². The smallest absolute Gasteiger partial charge is 0.265 e. The van der Waals surface area contributed by atoms with Gasteiger partial charge in [-0.2, -0.15) is 0 Å². The lowest BCUT2D eigenvalue weighted by molar-refractivity contribution is 0.403. The van der Waals surface area contributed by atoms with E-state index in [1.807, 2.05) is 0 Å². The number of anilines is 1. The second-order valence-corrected chi connectivity index (χ2v) is 7.11. The summed E-state index contributed by atoms with van der Waals surface area (Å²) in [4.78, 5) is 0.0146. The van der Waals surface area contributed by atoms with Gasteiger partial charge in [0.05, 0.1) is 17.8 Å². The van der Waals surface area contributed by atoms with Gasteiger partial charge in [0, 0.05) is 10.8 Å². The highest BCUT2D eigenvalue weighted by molar-refractivity contribution is 7.92. The molecular formula is C17H14ClNO4S. The highest BCUT2D eigenvalue weighted by Crippen LogP contribution is 2.38. The molecule has 0 radical (unpaired) electrons. The summed E-state index contributed by atoms with van der Waals surface area (Å²) in [6.07, 6.45) is 0. The Morgan fingerprint density at radius 3 is 2.38 bits per heavy atom. The molecule has 0 atom stereocenters. The van der Waals surface area contributed by atoms with Crippen molar-refractivity contribution in [1.29, 1.82) is 0 Å². The number of phenols is 1. The normalized spacial score (nSPS) is 11.4. The fraction of sp³-hybridized carbons (Fsp3) is 0.0588. The van der Waals surface area contributed by atoms with Crippen LogP contribution in [-0.2, 0) is 10.0 Å². The molecule has 0 saturated carbocycles. The van der Waals surface area contributed by atoms with Gasteiger partial charge in [0.15, 0.2) is 0 Å². The monoisotopic (exact) mass is 363 g/mol. The SMILES string of the molecule is COc1ccccc1S(=O)(=O)Nc1cc(Cl)c(O)c2ccccc12. The number of sulfonamides is 1. The van der Waals surface area contributed by atoms with Crippen LogP contribution in [0.4, 0.5) is 5.69 Å². The van der Waals surface area contributed by atoms with E-state index in [9.17, 15) is 13.5 Å². The van der Waals surface area contributed by atoms with Crippen LogP contribution < -0.4 is 9.46 Å². The van der Waals surface area contributed by atoms with Gasteiger partial charge in [0.25, 0.3) is 10.0 Å². The molecular weight excluding hydrogens is 350 g/mol. The zero-order valence-electron chi connectivity index (χ0n) is 12.7. The predicted molar refractivity (Wildman–Crippen MR) is 94.4 cm³/mol. The molecule has 3 rings (SSSR count). The number of hydrogen-bond acceptors (Lipinski definition) is 4. The van der Waals surface area contributed by atoms with E-state index in [1.54, 1.807) is 42.5 Å². The number of para-hydroxylation sites is 1. The number of halogens is 1. The van der Waals surface area contributed by atoms with Crippen LogP contribution in [-0.4, -0.2) is 20.6 Å². The molecule has 0 aromatic heterocycles. The Morgan fingerprint density at radius 1 is 1.04 bits per heavy atom. The Labute approximate surface area is 144 Å². The zero-order valence-corrected chi connectivity index (χ0v) is 14.2. The fourth-order valence-electron chi connectivity index (χ4n) is 2.45. The molecule has 0 spiro atoms. The molecule has 0 unspecified atom stereocenters. The van der Waals surface area contributed by atoms with Crippen LogP contribution in [0, 0.1) is 0 Å². The Kier molecular flexibility index (Phi) is 4.26. The Hall–Kier alpha value is -2.44. The first kappa shape index (κ1) is 16.4. The van der Waals surface area contributed by atoms with Gasteiger partial charge in [0.2, 0.25) is 0 Å². The van der Waals surface area contributed by atoms with Crippen LogP contribution in [0.5, 0.6) is 11.5 Å². The number of benzene rings is 3. The van der Waals surface area contributed by atoms with Crippen LogP contribution in [0.2, 0.25) is 5.02 Å². The number of hydrogen-bond donors (Lipinski definition) is 2. The molecule has 7 heteroatoms. The van der Waals surface area contributed by atoms with Gasteiger partial charge in [-0.3, -0.25) is 4.72 Å². The predicted octanol–water partition coefficient (Wildman–Crippen LogP) is 4.01. The lowest BCUT2D eigenvalue weighted by Gasteiger charge is -2.14. The van der Waals surface area contributed by atoms with Crippen molar-refractivity contribution in [3.63, 3.8) is 0 Å². The lowest BCUT2D eigenvalue weighted by atomic mass is 10.1. The van der Waals surface area contributed by atoms with Gasteiger partial charge < -0.3 is 9.84 Å². The Bertz CT molecular complexity index is 1020. The van der Waals surface area contributed by atoms with E-state index in [0.29, 0.717) is 10.8 Å². The standard InChI is InChI=1S/C17H14ClNO4S/c1-23-15-8-4-5-9-16(15)24(21,22)19-14-10-13(18)17(20)12-7-3-2-6-11(12)14/h2-10,19-20H,1H3. The number of ether oxygens (including phenoxy) is 1. The second-order valence-electron chi connectivity index (χ2n) is 5.06. The minimum Gasteiger partial charge on any atom is -0.506 e. The van der Waals surface area contributed by atoms with Crippen molar-refractivity contribution >= 4 is 38.1 Å². The zero-order chi connectivity index (χ0) is 17.3. The van der Waals surface area contributed by atoms with Gasteiger partial charge in [-0.05, 0) is 18.2 Å². The minimum absolute atomic E-state index is 0.0146. The van der Waals surface area contributed by atoms with Crippen molar-refractivity contribution in [1.82, 2.24) is 0 Å². The van der Waals surface area contributed by atoms with E-state index in [-0.39, 0.29) is 27.1 Å². The minimum atomic E-state index is -3.89. The molecule has 3 aromatic carbocycles. The van der Waals surface area contributed by atoms with E-state index in [2.05, 4.69) is 4.72 Å². The molecule has 0 amide bonds.